The number of hydroxylamine groups is 1. The zero-order valence-corrected chi connectivity index (χ0v) is 11.1. The van der Waals surface area contributed by atoms with Crippen LogP contribution in [0.25, 0.3) is 5.70 Å². The molecule has 0 saturated carbocycles. The van der Waals surface area contributed by atoms with E-state index in [1.807, 2.05) is 18.2 Å². The molecule has 1 aliphatic heterocycles. The maximum absolute atomic E-state index is 10.7. The van der Waals surface area contributed by atoms with E-state index >= 15 is 0 Å². The van der Waals surface area contributed by atoms with Gasteiger partial charge in [-0.05, 0) is 18.2 Å². The van der Waals surface area contributed by atoms with Gasteiger partial charge in [0.2, 0.25) is 6.10 Å². The molecule has 0 radical (unpaired) electrons. The van der Waals surface area contributed by atoms with Crippen LogP contribution in [0.15, 0.2) is 33.2 Å². The number of halogens is 2. The second-order valence-electron chi connectivity index (χ2n) is 3.18. The fraction of sp³-hybridized carbons (Fsp3) is 0.100. The molecule has 0 saturated heterocycles. The molecule has 0 aromatic heterocycles. The fourth-order valence-electron chi connectivity index (χ4n) is 1.32. The summed E-state index contributed by atoms with van der Waals surface area (Å²) in [5.74, 6) is -1.02. The van der Waals surface area contributed by atoms with Gasteiger partial charge in [0, 0.05) is 14.5 Å². The van der Waals surface area contributed by atoms with Gasteiger partial charge in [-0.1, -0.05) is 37.9 Å². The second kappa shape index (κ2) is 4.57. The van der Waals surface area contributed by atoms with E-state index in [0.717, 1.165) is 14.5 Å². The number of carbonyl (C=O) groups is 1. The Morgan fingerprint density at radius 3 is 2.75 bits per heavy atom. The van der Waals surface area contributed by atoms with Gasteiger partial charge >= 0.3 is 5.97 Å². The quantitative estimate of drug-likeness (QED) is 0.862. The molecule has 1 atom stereocenters. The maximum Gasteiger partial charge on any atom is 0.339 e. The Hall–Kier alpha value is -0.850. The normalized spacial score (nSPS) is 19.1. The lowest BCUT2D eigenvalue weighted by Crippen LogP contribution is -2.20. The summed E-state index contributed by atoms with van der Waals surface area (Å²) in [7, 11) is 0. The molecule has 0 spiro atoms. The highest BCUT2D eigenvalue weighted by atomic mass is 79.9. The summed E-state index contributed by atoms with van der Waals surface area (Å²) in [6.07, 6.45) is 0.585. The van der Waals surface area contributed by atoms with E-state index < -0.39 is 12.1 Å². The molecular formula is C10H7Br2NO3. The van der Waals surface area contributed by atoms with Crippen molar-refractivity contribution in [3.63, 3.8) is 0 Å². The van der Waals surface area contributed by atoms with E-state index in [1.54, 1.807) is 0 Å². The van der Waals surface area contributed by atoms with Crippen LogP contribution in [-0.4, -0.2) is 17.2 Å². The Kier molecular flexibility index (Phi) is 3.32. The first-order chi connectivity index (χ1) is 7.58. The Bertz CT molecular complexity index is 473. The number of carboxylic acids is 1. The molecule has 1 aliphatic rings. The topological polar surface area (TPSA) is 58.6 Å². The number of hydrogen-bond donors (Lipinski definition) is 2. The molecule has 16 heavy (non-hydrogen) atoms. The van der Waals surface area contributed by atoms with Crippen LogP contribution in [0.2, 0.25) is 0 Å². The van der Waals surface area contributed by atoms with Crippen molar-refractivity contribution >= 4 is 43.5 Å². The van der Waals surface area contributed by atoms with Crippen molar-refractivity contribution in [2.75, 3.05) is 0 Å². The maximum atomic E-state index is 10.7. The van der Waals surface area contributed by atoms with Crippen molar-refractivity contribution in [2.45, 2.75) is 6.10 Å². The van der Waals surface area contributed by atoms with Gasteiger partial charge in [-0.3, -0.25) is 10.3 Å². The van der Waals surface area contributed by atoms with Gasteiger partial charge in [0.05, 0.1) is 5.70 Å². The zero-order chi connectivity index (χ0) is 11.7. The van der Waals surface area contributed by atoms with Gasteiger partial charge in [-0.2, -0.15) is 0 Å². The number of carboxylic acid groups (broad SMARTS) is 1. The first-order valence-electron chi connectivity index (χ1n) is 4.39. The zero-order valence-electron chi connectivity index (χ0n) is 7.91. The third-order valence-corrected chi connectivity index (χ3v) is 3.23. The SMILES string of the molecule is O=C(O)C1C=C(c2ccc(Br)cc2Br)NO1. The van der Waals surface area contributed by atoms with Crippen molar-refractivity contribution in [3.05, 3.63) is 38.8 Å². The van der Waals surface area contributed by atoms with Crippen LogP contribution < -0.4 is 5.48 Å². The number of benzene rings is 1. The molecule has 4 nitrogen and oxygen atoms in total. The van der Waals surface area contributed by atoms with Crippen molar-refractivity contribution in [3.8, 4) is 0 Å². The van der Waals surface area contributed by atoms with E-state index in [-0.39, 0.29) is 0 Å². The smallest absolute Gasteiger partial charge is 0.339 e. The van der Waals surface area contributed by atoms with Crippen LogP contribution in [0.3, 0.4) is 0 Å². The Morgan fingerprint density at radius 2 is 2.19 bits per heavy atom. The predicted octanol–water partition coefficient (Wildman–Crippen LogP) is 2.54. The van der Waals surface area contributed by atoms with Crippen LogP contribution in [0, 0.1) is 0 Å². The molecule has 1 unspecified atom stereocenters. The monoisotopic (exact) mass is 347 g/mol. The molecule has 1 aromatic carbocycles. The van der Waals surface area contributed by atoms with Gasteiger partial charge in [-0.15, -0.1) is 0 Å². The highest BCUT2D eigenvalue weighted by molar-refractivity contribution is 9.11. The largest absolute Gasteiger partial charge is 0.479 e. The summed E-state index contributed by atoms with van der Waals surface area (Å²) in [6, 6.07) is 5.61. The van der Waals surface area contributed by atoms with Crippen molar-refractivity contribution in [1.29, 1.82) is 0 Å². The molecule has 0 fully saturated rings. The van der Waals surface area contributed by atoms with Crippen LogP contribution >= 0.6 is 31.9 Å². The molecule has 0 bridgehead atoms. The van der Waals surface area contributed by atoms with Gasteiger partial charge < -0.3 is 5.11 Å². The summed E-state index contributed by atoms with van der Waals surface area (Å²) in [6.45, 7) is 0. The van der Waals surface area contributed by atoms with E-state index in [4.69, 9.17) is 9.94 Å². The molecule has 0 aliphatic carbocycles. The lowest BCUT2D eigenvalue weighted by Gasteiger charge is -2.06. The fourth-order valence-corrected chi connectivity index (χ4v) is 2.58. The molecule has 1 aromatic rings. The molecule has 6 heteroatoms. The summed E-state index contributed by atoms with van der Waals surface area (Å²) in [4.78, 5) is 15.6. The van der Waals surface area contributed by atoms with Crippen LogP contribution in [-0.2, 0) is 9.63 Å². The minimum absolute atomic E-state index is 0.645. The first kappa shape index (κ1) is 11.6. The average Bonchev–Trinajstić information content (AvgIpc) is 2.66. The van der Waals surface area contributed by atoms with E-state index in [9.17, 15) is 4.79 Å². The number of nitrogens with one attached hydrogen (secondary N) is 1. The number of rotatable bonds is 2. The summed E-state index contributed by atoms with van der Waals surface area (Å²) in [5.41, 5.74) is 4.10. The molecular weight excluding hydrogens is 342 g/mol. The molecule has 0 amide bonds. The molecule has 2 N–H and O–H groups in total. The van der Waals surface area contributed by atoms with Crippen LogP contribution in [0.4, 0.5) is 0 Å². The standard InChI is InChI=1S/C10H7Br2NO3/c11-5-1-2-6(7(12)3-5)8-4-9(10(14)15)16-13-8/h1-4,9,13H,(H,14,15). The highest BCUT2D eigenvalue weighted by Gasteiger charge is 2.24. The van der Waals surface area contributed by atoms with E-state index in [2.05, 4.69) is 37.3 Å². The second-order valence-corrected chi connectivity index (χ2v) is 4.95. The van der Waals surface area contributed by atoms with E-state index in [1.165, 1.54) is 6.08 Å². The average molecular weight is 349 g/mol. The minimum Gasteiger partial charge on any atom is -0.479 e. The van der Waals surface area contributed by atoms with Gasteiger partial charge in [0.15, 0.2) is 0 Å². The minimum atomic E-state index is -1.02. The number of aliphatic carboxylic acids is 1. The van der Waals surface area contributed by atoms with Crippen molar-refractivity contribution < 1.29 is 14.7 Å². The third kappa shape index (κ3) is 2.28. The van der Waals surface area contributed by atoms with Gasteiger partial charge in [0.25, 0.3) is 0 Å². The van der Waals surface area contributed by atoms with Crippen LogP contribution in [0.5, 0.6) is 0 Å². The first-order valence-corrected chi connectivity index (χ1v) is 5.98. The predicted molar refractivity (Wildman–Crippen MR) is 65.5 cm³/mol. The Labute approximate surface area is 109 Å². The number of hydrogen-bond acceptors (Lipinski definition) is 3. The summed E-state index contributed by atoms with van der Waals surface area (Å²) < 4.78 is 1.80. The summed E-state index contributed by atoms with van der Waals surface area (Å²) in [5, 5.41) is 8.76. The summed E-state index contributed by atoms with van der Waals surface area (Å²) >= 11 is 6.74. The van der Waals surface area contributed by atoms with Crippen molar-refractivity contribution in [2.24, 2.45) is 0 Å². The van der Waals surface area contributed by atoms with Crippen LogP contribution in [0.1, 0.15) is 5.56 Å². The van der Waals surface area contributed by atoms with Crippen molar-refractivity contribution in [1.82, 2.24) is 5.48 Å². The lowest BCUT2D eigenvalue weighted by atomic mass is 10.1. The highest BCUT2D eigenvalue weighted by Crippen LogP contribution is 2.28. The Balaban J connectivity index is 2.32. The molecule has 2 rings (SSSR count). The third-order valence-electron chi connectivity index (χ3n) is 2.08. The van der Waals surface area contributed by atoms with Gasteiger partial charge in [-0.25, -0.2) is 4.79 Å². The Morgan fingerprint density at radius 1 is 1.44 bits per heavy atom. The van der Waals surface area contributed by atoms with E-state index in [0.29, 0.717) is 5.70 Å². The van der Waals surface area contributed by atoms with Gasteiger partial charge in [0.1, 0.15) is 0 Å². The molecule has 1 heterocycles. The molecule has 84 valence electrons. The lowest BCUT2D eigenvalue weighted by molar-refractivity contribution is -0.148.